The van der Waals surface area contributed by atoms with E-state index in [1.54, 1.807) is 51.4 Å². The first-order chi connectivity index (χ1) is 27.4. The number of nitrogens with zero attached hydrogens (tertiary/aromatic N) is 2. The molecule has 15 nitrogen and oxygen atoms in total. The van der Waals surface area contributed by atoms with Gasteiger partial charge in [-0.15, -0.1) is 0 Å². The fourth-order valence-electron chi connectivity index (χ4n) is 7.74. The van der Waals surface area contributed by atoms with Crippen molar-refractivity contribution in [3.8, 4) is 5.75 Å². The SMILES string of the molecule is CCC[C@@H](NC(=O)[C@@H]1CC2CN1C(=O)[C@H](C1CCCCC1)NC(=O)CCc1cccc(c1)OCCO2)C(=O)C(=O)NCC(=O)N[C@H](C(=O)N(C)C)c1ccccc1. The van der Waals surface area contributed by atoms with Crippen LogP contribution in [0.15, 0.2) is 54.6 Å². The highest BCUT2D eigenvalue weighted by Gasteiger charge is 2.45. The summed E-state index contributed by atoms with van der Waals surface area (Å²) in [5.41, 5.74) is 1.48. The lowest BCUT2D eigenvalue weighted by molar-refractivity contribution is -0.144. The molecule has 1 aliphatic carbocycles. The van der Waals surface area contributed by atoms with E-state index in [0.717, 1.165) is 37.7 Å². The lowest BCUT2D eigenvalue weighted by Gasteiger charge is -2.35. The molecule has 15 heteroatoms. The Morgan fingerprint density at radius 2 is 1.68 bits per heavy atom. The van der Waals surface area contributed by atoms with Crippen molar-refractivity contribution in [3.05, 3.63) is 65.7 Å². The normalized spacial score (nSPS) is 21.6. The maximum absolute atomic E-state index is 14.5. The monoisotopic (exact) mass is 788 g/mol. The number of carbonyl (C=O) groups is 7. The van der Waals surface area contributed by atoms with Gasteiger partial charge in [-0.1, -0.05) is 75.1 Å². The van der Waals surface area contributed by atoms with Crippen LogP contribution in [0, 0.1) is 5.92 Å². The summed E-state index contributed by atoms with van der Waals surface area (Å²) in [6.45, 7) is 1.73. The molecule has 308 valence electrons. The summed E-state index contributed by atoms with van der Waals surface area (Å²) in [5, 5.41) is 10.7. The number of likely N-dealkylation sites (N-methyl/N-ethyl adjacent to an activating group) is 1. The molecule has 5 rings (SSSR count). The van der Waals surface area contributed by atoms with Crippen molar-refractivity contribution in [1.29, 1.82) is 0 Å². The van der Waals surface area contributed by atoms with Gasteiger partial charge in [-0.3, -0.25) is 33.6 Å². The maximum atomic E-state index is 14.5. The minimum absolute atomic E-state index is 0.0911. The van der Waals surface area contributed by atoms with Gasteiger partial charge in [0.15, 0.2) is 0 Å². The van der Waals surface area contributed by atoms with Gasteiger partial charge in [0.1, 0.15) is 30.5 Å². The number of nitrogens with one attached hydrogen (secondary N) is 4. The molecule has 2 aromatic carbocycles. The van der Waals surface area contributed by atoms with Crippen LogP contribution in [0.1, 0.15) is 81.9 Å². The number of benzene rings is 2. The lowest BCUT2D eigenvalue weighted by Crippen LogP contribution is -2.58. The predicted molar refractivity (Wildman–Crippen MR) is 209 cm³/mol. The predicted octanol–water partition coefficient (Wildman–Crippen LogP) is 1.98. The van der Waals surface area contributed by atoms with Crippen LogP contribution in [-0.4, -0.2) is 116 Å². The number of carbonyl (C=O) groups excluding carboxylic acids is 7. The van der Waals surface area contributed by atoms with Crippen molar-refractivity contribution < 1.29 is 43.0 Å². The summed E-state index contributed by atoms with van der Waals surface area (Å²) in [7, 11) is 3.12. The van der Waals surface area contributed by atoms with Gasteiger partial charge in [0, 0.05) is 33.5 Å². The Balaban J connectivity index is 1.28. The third-order valence-corrected chi connectivity index (χ3v) is 10.8. The second-order valence-corrected chi connectivity index (χ2v) is 15.2. The summed E-state index contributed by atoms with van der Waals surface area (Å²) in [4.78, 5) is 97.2. The van der Waals surface area contributed by atoms with Crippen LogP contribution in [0.5, 0.6) is 5.75 Å². The van der Waals surface area contributed by atoms with Crippen molar-refractivity contribution in [2.75, 3.05) is 40.4 Å². The molecular weight excluding hydrogens is 732 g/mol. The Bertz CT molecular complexity index is 1750. The van der Waals surface area contributed by atoms with E-state index < -0.39 is 60.3 Å². The van der Waals surface area contributed by atoms with Gasteiger partial charge in [-0.25, -0.2) is 0 Å². The molecular formula is C42H56N6O9. The van der Waals surface area contributed by atoms with Crippen molar-refractivity contribution in [3.63, 3.8) is 0 Å². The van der Waals surface area contributed by atoms with E-state index in [1.807, 2.05) is 24.3 Å². The average molecular weight is 789 g/mol. The Morgan fingerprint density at radius 3 is 2.40 bits per heavy atom. The van der Waals surface area contributed by atoms with Crippen LogP contribution in [0.3, 0.4) is 0 Å². The van der Waals surface area contributed by atoms with E-state index in [-0.39, 0.29) is 62.7 Å². The number of ketones is 1. The molecule has 2 heterocycles. The van der Waals surface area contributed by atoms with Gasteiger partial charge < -0.3 is 40.5 Å². The first-order valence-electron chi connectivity index (χ1n) is 20.1. The molecule has 5 atom stereocenters. The molecule has 0 spiro atoms. The molecule has 1 unspecified atom stereocenters. The molecule has 1 saturated carbocycles. The fraction of sp³-hybridized carbons (Fsp3) is 0.548. The number of fused-ring (bicyclic) bond motifs is 4. The number of aryl methyl sites for hydroxylation is 1. The Labute approximate surface area is 333 Å². The number of hydrogen-bond acceptors (Lipinski definition) is 9. The zero-order valence-electron chi connectivity index (χ0n) is 33.1. The van der Waals surface area contributed by atoms with Crippen molar-refractivity contribution >= 4 is 41.2 Å². The maximum Gasteiger partial charge on any atom is 0.290 e. The first-order valence-corrected chi connectivity index (χ1v) is 20.1. The molecule has 0 radical (unpaired) electrons. The van der Waals surface area contributed by atoms with E-state index in [0.29, 0.717) is 24.2 Å². The Hall–Kier alpha value is -5.31. The summed E-state index contributed by atoms with van der Waals surface area (Å²) in [6, 6.07) is 12.0. The fourth-order valence-corrected chi connectivity index (χ4v) is 7.74. The van der Waals surface area contributed by atoms with Crippen LogP contribution < -0.4 is 26.0 Å². The number of amides is 6. The standard InChI is InChI=1S/C42H56N6O9/c1-4-12-32(38(51)40(53)43-25-35(50)46-36(41(54)47(2)3)28-14-7-5-8-15-28)44-39(52)33-24-31-26-48(33)42(55)37(29-16-9-6-10-17-29)45-34(49)20-19-27-13-11-18-30(23-27)56-21-22-57-31/h5,7-8,11,13-15,18,23,29,31-33,36-37H,4,6,9-10,12,16-17,19-22,24-26H2,1-3H3,(H,43,53)(H,44,52)(H,45,49)(H,46,50)/t31?,32-,33+,36+,37+/m1/s1. The second-order valence-electron chi connectivity index (χ2n) is 15.2. The average Bonchev–Trinajstić information content (AvgIpc) is 3.66. The second kappa shape index (κ2) is 20.7. The molecule has 6 amide bonds. The summed E-state index contributed by atoms with van der Waals surface area (Å²) in [6.07, 6.45) is 5.22. The smallest absolute Gasteiger partial charge is 0.290 e. The molecule has 3 aliphatic rings. The van der Waals surface area contributed by atoms with Gasteiger partial charge in [0.05, 0.1) is 25.3 Å². The van der Waals surface area contributed by atoms with E-state index in [9.17, 15) is 33.6 Å². The molecule has 2 fully saturated rings. The highest BCUT2D eigenvalue weighted by molar-refractivity contribution is 6.38. The van der Waals surface area contributed by atoms with Gasteiger partial charge in [0.2, 0.25) is 35.3 Å². The van der Waals surface area contributed by atoms with Crippen LogP contribution in [0.25, 0.3) is 0 Å². The van der Waals surface area contributed by atoms with Crippen LogP contribution >= 0.6 is 0 Å². The van der Waals surface area contributed by atoms with E-state index >= 15 is 0 Å². The van der Waals surface area contributed by atoms with Crippen molar-refractivity contribution in [2.45, 2.75) is 101 Å². The van der Waals surface area contributed by atoms with E-state index in [2.05, 4.69) is 21.3 Å². The zero-order valence-corrected chi connectivity index (χ0v) is 33.1. The van der Waals surface area contributed by atoms with Gasteiger partial charge >= 0.3 is 0 Å². The number of hydrogen-bond donors (Lipinski definition) is 4. The largest absolute Gasteiger partial charge is 0.491 e. The van der Waals surface area contributed by atoms with E-state index in [4.69, 9.17) is 9.47 Å². The lowest BCUT2D eigenvalue weighted by atomic mass is 9.83. The van der Waals surface area contributed by atoms with Crippen LogP contribution in [-0.2, 0) is 44.7 Å². The molecule has 1 saturated heterocycles. The van der Waals surface area contributed by atoms with E-state index in [1.165, 1.54) is 9.80 Å². The molecule has 2 aliphatic heterocycles. The van der Waals surface area contributed by atoms with Crippen LogP contribution in [0.2, 0.25) is 0 Å². The first kappa shape index (κ1) is 42.8. The van der Waals surface area contributed by atoms with Crippen molar-refractivity contribution in [1.82, 2.24) is 31.1 Å². The molecule has 57 heavy (non-hydrogen) atoms. The summed E-state index contributed by atoms with van der Waals surface area (Å²) < 4.78 is 12.0. The molecule has 0 aromatic heterocycles. The summed E-state index contributed by atoms with van der Waals surface area (Å²) in [5.74, 6) is -3.83. The Kier molecular flexibility index (Phi) is 15.6. The number of rotatable bonds is 12. The van der Waals surface area contributed by atoms with Crippen molar-refractivity contribution in [2.24, 2.45) is 5.92 Å². The molecule has 2 aromatic rings. The van der Waals surface area contributed by atoms with Crippen LogP contribution in [0.4, 0.5) is 0 Å². The number of Topliss-reactive ketones (excluding diaryl/α,β-unsaturated/α-hetero) is 1. The third-order valence-electron chi connectivity index (χ3n) is 10.8. The summed E-state index contributed by atoms with van der Waals surface area (Å²) >= 11 is 0. The minimum atomic E-state index is -1.24. The number of ether oxygens (including phenoxy) is 2. The van der Waals surface area contributed by atoms with Gasteiger partial charge in [-0.2, -0.15) is 0 Å². The minimum Gasteiger partial charge on any atom is -0.491 e. The third kappa shape index (κ3) is 11.9. The van der Waals surface area contributed by atoms with Gasteiger partial charge in [0.25, 0.3) is 5.91 Å². The van der Waals surface area contributed by atoms with Gasteiger partial charge in [-0.05, 0) is 54.9 Å². The molecule has 4 bridgehead atoms. The topological polar surface area (TPSA) is 193 Å². The zero-order chi connectivity index (χ0) is 40.9. The highest BCUT2D eigenvalue weighted by Crippen LogP contribution is 2.30. The molecule has 4 N–H and O–H groups in total. The highest BCUT2D eigenvalue weighted by atomic mass is 16.5. The quantitative estimate of drug-likeness (QED) is 0.233. The Morgan fingerprint density at radius 1 is 0.930 bits per heavy atom.